The molecule has 1 aromatic carbocycles. The van der Waals surface area contributed by atoms with Crippen molar-refractivity contribution in [1.29, 1.82) is 0 Å². The molecule has 3 aliphatic heterocycles. The molecule has 2 fully saturated rings. The highest BCUT2D eigenvalue weighted by Crippen LogP contribution is 2.37. The Morgan fingerprint density at radius 2 is 1.74 bits per heavy atom. The summed E-state index contributed by atoms with van der Waals surface area (Å²) in [7, 11) is 0. The van der Waals surface area contributed by atoms with Crippen molar-refractivity contribution in [1.82, 2.24) is 9.80 Å². The van der Waals surface area contributed by atoms with Crippen molar-refractivity contribution in [2.75, 3.05) is 44.9 Å². The van der Waals surface area contributed by atoms with Crippen LogP contribution in [0.5, 0.6) is 11.5 Å². The van der Waals surface area contributed by atoms with Gasteiger partial charge in [-0.15, -0.1) is 0 Å². The summed E-state index contributed by atoms with van der Waals surface area (Å²) < 4.78 is 16.2. The first-order chi connectivity index (χ1) is 14.8. The van der Waals surface area contributed by atoms with Crippen LogP contribution in [0.2, 0.25) is 0 Å². The zero-order valence-corrected chi connectivity index (χ0v) is 18.2. The van der Waals surface area contributed by atoms with E-state index in [4.69, 9.17) is 14.2 Å². The molecule has 9 nitrogen and oxygen atoms in total. The van der Waals surface area contributed by atoms with E-state index in [1.807, 2.05) is 18.7 Å². The second kappa shape index (κ2) is 8.47. The highest BCUT2D eigenvalue weighted by molar-refractivity contribution is 6.06. The summed E-state index contributed by atoms with van der Waals surface area (Å²) in [6.07, 6.45) is 1.38. The van der Waals surface area contributed by atoms with E-state index >= 15 is 0 Å². The standard InChI is InChI=1S/C22H29N3O6/c1-14(26)15-11-18-19(31-13-30-18)12-16(15)23-21(28)22(2,3)25-8-6-24(7-9-25)20(27)17-5-4-10-29-17/h11-12,17H,4-10,13H2,1-3H3,(H,23,28). The fraction of sp³-hybridized carbons (Fsp3) is 0.591. The predicted octanol–water partition coefficient (Wildman–Crippen LogP) is 1.66. The minimum atomic E-state index is -0.830. The molecule has 1 unspecified atom stereocenters. The third-order valence-corrected chi connectivity index (χ3v) is 6.28. The summed E-state index contributed by atoms with van der Waals surface area (Å²) in [5, 5.41) is 2.90. The van der Waals surface area contributed by atoms with Gasteiger partial charge in [0.25, 0.3) is 5.91 Å². The molecule has 1 N–H and O–H groups in total. The molecule has 168 valence electrons. The maximum Gasteiger partial charge on any atom is 0.251 e. The van der Waals surface area contributed by atoms with Crippen LogP contribution in [0.4, 0.5) is 5.69 Å². The number of anilines is 1. The number of ether oxygens (including phenoxy) is 3. The molecule has 3 aliphatic rings. The number of piperazine rings is 1. The average molecular weight is 431 g/mol. The Kier molecular flexibility index (Phi) is 5.90. The Balaban J connectivity index is 1.42. The quantitative estimate of drug-likeness (QED) is 0.708. The van der Waals surface area contributed by atoms with Gasteiger partial charge in [-0.2, -0.15) is 0 Å². The van der Waals surface area contributed by atoms with E-state index in [1.54, 1.807) is 12.1 Å². The van der Waals surface area contributed by atoms with Crippen molar-refractivity contribution in [2.24, 2.45) is 0 Å². The Morgan fingerprint density at radius 3 is 2.35 bits per heavy atom. The lowest BCUT2D eigenvalue weighted by Crippen LogP contribution is -2.60. The predicted molar refractivity (Wildman–Crippen MR) is 112 cm³/mol. The summed E-state index contributed by atoms with van der Waals surface area (Å²) in [6.45, 7) is 8.15. The molecule has 0 aromatic heterocycles. The van der Waals surface area contributed by atoms with Gasteiger partial charge in [0.15, 0.2) is 17.3 Å². The zero-order chi connectivity index (χ0) is 22.2. The molecule has 3 heterocycles. The van der Waals surface area contributed by atoms with E-state index in [-0.39, 0.29) is 30.5 Å². The van der Waals surface area contributed by atoms with Gasteiger partial charge >= 0.3 is 0 Å². The number of ketones is 1. The van der Waals surface area contributed by atoms with Crippen LogP contribution < -0.4 is 14.8 Å². The number of amides is 2. The van der Waals surface area contributed by atoms with E-state index in [0.29, 0.717) is 55.5 Å². The maximum absolute atomic E-state index is 13.2. The van der Waals surface area contributed by atoms with Crippen LogP contribution in [0.3, 0.4) is 0 Å². The molecule has 0 bridgehead atoms. The maximum atomic E-state index is 13.2. The summed E-state index contributed by atoms with van der Waals surface area (Å²) >= 11 is 0. The van der Waals surface area contributed by atoms with E-state index in [0.717, 1.165) is 12.8 Å². The third kappa shape index (κ3) is 4.24. The molecule has 4 rings (SSSR count). The van der Waals surface area contributed by atoms with E-state index in [1.165, 1.54) is 6.92 Å². The third-order valence-electron chi connectivity index (χ3n) is 6.28. The lowest BCUT2D eigenvalue weighted by atomic mass is 9.99. The van der Waals surface area contributed by atoms with Gasteiger partial charge in [0.05, 0.1) is 11.2 Å². The van der Waals surface area contributed by atoms with Gasteiger partial charge in [-0.1, -0.05) is 0 Å². The highest BCUT2D eigenvalue weighted by Gasteiger charge is 2.39. The smallest absolute Gasteiger partial charge is 0.251 e. The number of nitrogens with one attached hydrogen (secondary N) is 1. The van der Waals surface area contributed by atoms with E-state index < -0.39 is 5.54 Å². The minimum Gasteiger partial charge on any atom is -0.454 e. The Labute approximate surface area is 181 Å². The average Bonchev–Trinajstić information content (AvgIpc) is 3.44. The fourth-order valence-corrected chi connectivity index (χ4v) is 4.22. The minimum absolute atomic E-state index is 0.0471. The van der Waals surface area contributed by atoms with Gasteiger partial charge in [0.1, 0.15) is 6.10 Å². The van der Waals surface area contributed by atoms with Crippen molar-refractivity contribution < 1.29 is 28.6 Å². The molecule has 0 radical (unpaired) electrons. The van der Waals surface area contributed by atoms with Crippen molar-refractivity contribution in [3.05, 3.63) is 17.7 Å². The van der Waals surface area contributed by atoms with Crippen LogP contribution >= 0.6 is 0 Å². The van der Waals surface area contributed by atoms with Gasteiger partial charge in [-0.3, -0.25) is 19.3 Å². The van der Waals surface area contributed by atoms with Gasteiger partial charge in [0, 0.05) is 44.4 Å². The molecule has 2 saturated heterocycles. The first kappa shape index (κ1) is 21.6. The van der Waals surface area contributed by atoms with E-state index in [9.17, 15) is 14.4 Å². The number of carbonyl (C=O) groups is 3. The number of benzene rings is 1. The molecule has 0 spiro atoms. The van der Waals surface area contributed by atoms with Crippen LogP contribution in [-0.4, -0.2) is 78.6 Å². The molecule has 31 heavy (non-hydrogen) atoms. The summed E-state index contributed by atoms with van der Waals surface area (Å²) in [4.78, 5) is 41.8. The van der Waals surface area contributed by atoms with Crippen molar-refractivity contribution in [3.8, 4) is 11.5 Å². The summed E-state index contributed by atoms with van der Waals surface area (Å²) in [5.41, 5.74) is -0.0499. The lowest BCUT2D eigenvalue weighted by molar-refractivity contribution is -0.144. The van der Waals surface area contributed by atoms with Crippen LogP contribution in [0.25, 0.3) is 0 Å². The highest BCUT2D eigenvalue weighted by atomic mass is 16.7. The second-order valence-electron chi connectivity index (χ2n) is 8.63. The number of carbonyl (C=O) groups excluding carboxylic acids is 3. The number of fused-ring (bicyclic) bond motifs is 1. The van der Waals surface area contributed by atoms with Gasteiger partial charge in [-0.05, 0) is 39.7 Å². The van der Waals surface area contributed by atoms with Crippen LogP contribution in [0, 0.1) is 0 Å². The Bertz CT molecular complexity index is 885. The fourth-order valence-electron chi connectivity index (χ4n) is 4.22. The Hall–Kier alpha value is -2.65. The molecule has 1 atom stereocenters. The Morgan fingerprint density at radius 1 is 1.06 bits per heavy atom. The van der Waals surface area contributed by atoms with Crippen molar-refractivity contribution >= 4 is 23.3 Å². The van der Waals surface area contributed by atoms with Crippen LogP contribution in [0.1, 0.15) is 44.0 Å². The van der Waals surface area contributed by atoms with Gasteiger partial charge < -0.3 is 24.4 Å². The van der Waals surface area contributed by atoms with Crippen LogP contribution in [-0.2, 0) is 14.3 Å². The molecular formula is C22H29N3O6. The van der Waals surface area contributed by atoms with Crippen LogP contribution in [0.15, 0.2) is 12.1 Å². The largest absolute Gasteiger partial charge is 0.454 e. The summed E-state index contributed by atoms with van der Waals surface area (Å²) in [6, 6.07) is 3.23. The topological polar surface area (TPSA) is 97.4 Å². The number of Topliss-reactive ketones (excluding diaryl/α,β-unsaturated/α-hetero) is 1. The van der Waals surface area contributed by atoms with Gasteiger partial charge in [0.2, 0.25) is 12.7 Å². The zero-order valence-electron chi connectivity index (χ0n) is 18.2. The molecule has 1 aromatic rings. The molecule has 2 amide bonds. The van der Waals surface area contributed by atoms with Gasteiger partial charge in [-0.25, -0.2) is 0 Å². The SMILES string of the molecule is CC(=O)c1cc2c(cc1NC(=O)C(C)(C)N1CCN(C(=O)C3CCCO3)CC1)OCO2. The van der Waals surface area contributed by atoms with Crippen molar-refractivity contribution in [2.45, 2.75) is 45.3 Å². The molecule has 9 heteroatoms. The summed E-state index contributed by atoms with van der Waals surface area (Å²) in [5.74, 6) is 0.639. The lowest BCUT2D eigenvalue weighted by Gasteiger charge is -2.43. The second-order valence-corrected chi connectivity index (χ2v) is 8.63. The molecule has 0 aliphatic carbocycles. The molecule has 0 saturated carbocycles. The number of hydrogen-bond donors (Lipinski definition) is 1. The normalized spacial score (nSPS) is 21.3. The van der Waals surface area contributed by atoms with Crippen molar-refractivity contribution in [3.63, 3.8) is 0 Å². The van der Waals surface area contributed by atoms with E-state index in [2.05, 4.69) is 10.2 Å². The monoisotopic (exact) mass is 431 g/mol. The first-order valence-corrected chi connectivity index (χ1v) is 10.7. The molecular weight excluding hydrogens is 402 g/mol. The number of hydrogen-bond acceptors (Lipinski definition) is 7. The number of rotatable bonds is 5. The number of nitrogens with zero attached hydrogens (tertiary/aromatic N) is 2. The first-order valence-electron chi connectivity index (χ1n) is 10.7.